The molecule has 2 aromatic rings. The molecular weight excluding hydrogens is 335 g/mol. The summed E-state index contributed by atoms with van der Waals surface area (Å²) in [5.74, 6) is -0.973. The molecule has 0 aromatic heterocycles. The molecule has 0 radical (unpaired) electrons. The number of nitrogens with zero attached hydrogens (tertiary/aromatic N) is 1. The van der Waals surface area contributed by atoms with Crippen molar-refractivity contribution >= 4 is 27.3 Å². The van der Waals surface area contributed by atoms with Crippen LogP contribution in [-0.4, -0.2) is 13.3 Å². The van der Waals surface area contributed by atoms with E-state index in [2.05, 4.69) is 4.72 Å². The fourth-order valence-electron chi connectivity index (χ4n) is 1.73. The molecule has 0 amide bonds. The normalized spacial score (nSPS) is 11.4. The van der Waals surface area contributed by atoms with Crippen molar-refractivity contribution < 1.29 is 17.7 Å². The molecule has 2 rings (SSSR count). The molecule has 0 heterocycles. The second-order valence-corrected chi connectivity index (χ2v) is 6.50. The number of hydrogen-bond acceptors (Lipinski definition) is 4. The summed E-state index contributed by atoms with van der Waals surface area (Å²) in [4.78, 5) is 9.53. The highest BCUT2D eigenvalue weighted by Gasteiger charge is 2.19. The predicted octanol–water partition coefficient (Wildman–Crippen LogP) is 2.87. The van der Waals surface area contributed by atoms with Crippen LogP contribution in [0, 0.1) is 15.9 Å². The van der Waals surface area contributed by atoms with Gasteiger partial charge in [-0.25, -0.2) is 17.5 Å². The van der Waals surface area contributed by atoms with Gasteiger partial charge in [-0.3, -0.25) is 10.1 Å². The Morgan fingerprint density at radius 3 is 2.59 bits per heavy atom. The van der Waals surface area contributed by atoms with Gasteiger partial charge in [-0.05, 0) is 23.8 Å². The first-order valence-electron chi connectivity index (χ1n) is 5.97. The summed E-state index contributed by atoms with van der Waals surface area (Å²) in [6.45, 7) is -0.202. The van der Waals surface area contributed by atoms with E-state index in [-0.39, 0.29) is 17.3 Å². The lowest BCUT2D eigenvalue weighted by molar-refractivity contribution is -0.384. The number of nitro benzene ring substituents is 1. The Hall–Kier alpha value is -2.03. The third-order valence-corrected chi connectivity index (χ3v) is 4.44. The highest BCUT2D eigenvalue weighted by molar-refractivity contribution is 7.89. The van der Waals surface area contributed by atoms with E-state index in [4.69, 9.17) is 11.6 Å². The van der Waals surface area contributed by atoms with Crippen molar-refractivity contribution in [2.24, 2.45) is 0 Å². The van der Waals surface area contributed by atoms with Crippen molar-refractivity contribution in [1.82, 2.24) is 4.72 Å². The molecule has 0 aliphatic carbocycles. The fourth-order valence-corrected chi connectivity index (χ4v) is 2.96. The van der Waals surface area contributed by atoms with Crippen LogP contribution in [0.4, 0.5) is 10.1 Å². The Labute approximate surface area is 130 Å². The van der Waals surface area contributed by atoms with Crippen LogP contribution in [-0.2, 0) is 16.6 Å². The molecule has 1 N–H and O–H groups in total. The van der Waals surface area contributed by atoms with Gasteiger partial charge in [0, 0.05) is 23.7 Å². The topological polar surface area (TPSA) is 89.3 Å². The molecule has 0 spiro atoms. The minimum absolute atomic E-state index is 0.0788. The summed E-state index contributed by atoms with van der Waals surface area (Å²) in [5.41, 5.74) is 0.224. The minimum Gasteiger partial charge on any atom is -0.258 e. The van der Waals surface area contributed by atoms with Crippen LogP contribution in [0.3, 0.4) is 0 Å². The summed E-state index contributed by atoms with van der Waals surface area (Å²) >= 11 is 5.57. The van der Waals surface area contributed by atoms with E-state index in [1.807, 2.05) is 0 Å². The molecule has 6 nitrogen and oxygen atoms in total. The van der Waals surface area contributed by atoms with Crippen molar-refractivity contribution in [3.63, 3.8) is 0 Å². The second kappa shape index (κ2) is 6.39. The average Bonchev–Trinajstić information content (AvgIpc) is 2.45. The molecule has 22 heavy (non-hydrogen) atoms. The summed E-state index contributed by atoms with van der Waals surface area (Å²) in [7, 11) is -4.09. The number of sulfonamides is 1. The fraction of sp³-hybridized carbons (Fsp3) is 0.0769. The van der Waals surface area contributed by atoms with E-state index in [1.54, 1.807) is 0 Å². The lowest BCUT2D eigenvalue weighted by atomic mass is 10.2. The van der Waals surface area contributed by atoms with Crippen molar-refractivity contribution in [1.29, 1.82) is 0 Å². The monoisotopic (exact) mass is 344 g/mol. The van der Waals surface area contributed by atoms with Crippen molar-refractivity contribution in [2.45, 2.75) is 11.4 Å². The zero-order chi connectivity index (χ0) is 16.3. The van der Waals surface area contributed by atoms with Gasteiger partial charge in [0.15, 0.2) is 0 Å². The number of benzene rings is 2. The van der Waals surface area contributed by atoms with Crippen LogP contribution >= 0.6 is 11.6 Å². The van der Waals surface area contributed by atoms with Crippen LogP contribution in [0.15, 0.2) is 47.4 Å². The highest BCUT2D eigenvalue weighted by Crippen LogP contribution is 2.19. The molecule has 0 aliphatic rings. The summed E-state index contributed by atoms with van der Waals surface area (Å²) in [5, 5.41) is 10.7. The summed E-state index contributed by atoms with van der Waals surface area (Å²) < 4.78 is 39.9. The predicted molar refractivity (Wildman–Crippen MR) is 78.5 cm³/mol. The number of hydrogen-bond donors (Lipinski definition) is 1. The van der Waals surface area contributed by atoms with Gasteiger partial charge < -0.3 is 0 Å². The lowest BCUT2D eigenvalue weighted by Crippen LogP contribution is -2.24. The number of rotatable bonds is 5. The van der Waals surface area contributed by atoms with Crippen molar-refractivity contribution in [3.05, 3.63) is 69.0 Å². The molecule has 0 aliphatic heterocycles. The summed E-state index contributed by atoms with van der Waals surface area (Å²) in [6.07, 6.45) is 0. The number of non-ortho nitro benzene ring substituents is 1. The highest BCUT2D eigenvalue weighted by atomic mass is 35.5. The van der Waals surface area contributed by atoms with E-state index in [9.17, 15) is 22.9 Å². The Balaban J connectivity index is 2.19. The maximum absolute atomic E-state index is 13.6. The zero-order valence-electron chi connectivity index (χ0n) is 11.0. The number of nitro groups is 1. The Morgan fingerprint density at radius 1 is 1.23 bits per heavy atom. The minimum atomic E-state index is -4.09. The molecule has 0 saturated carbocycles. The van der Waals surface area contributed by atoms with E-state index < -0.39 is 25.7 Å². The van der Waals surface area contributed by atoms with Crippen LogP contribution < -0.4 is 4.72 Å². The maximum Gasteiger partial charge on any atom is 0.269 e. The third kappa shape index (κ3) is 3.79. The van der Waals surface area contributed by atoms with Gasteiger partial charge >= 0.3 is 0 Å². The van der Waals surface area contributed by atoms with Crippen molar-refractivity contribution in [3.8, 4) is 0 Å². The first kappa shape index (κ1) is 16.3. The van der Waals surface area contributed by atoms with Crippen LogP contribution in [0.2, 0.25) is 5.02 Å². The van der Waals surface area contributed by atoms with E-state index >= 15 is 0 Å². The summed E-state index contributed by atoms with van der Waals surface area (Å²) in [6, 6.07) is 8.68. The number of halogens is 2. The number of nitrogens with one attached hydrogen (secondary N) is 1. The quantitative estimate of drug-likeness (QED) is 0.667. The second-order valence-electron chi connectivity index (χ2n) is 4.33. The molecule has 116 valence electrons. The smallest absolute Gasteiger partial charge is 0.258 e. The first-order valence-corrected chi connectivity index (χ1v) is 7.84. The third-order valence-electron chi connectivity index (χ3n) is 2.77. The van der Waals surface area contributed by atoms with Gasteiger partial charge in [0.05, 0.1) is 4.92 Å². The van der Waals surface area contributed by atoms with E-state index in [0.717, 1.165) is 12.1 Å². The molecule has 0 fully saturated rings. The van der Waals surface area contributed by atoms with Gasteiger partial charge in [0.1, 0.15) is 10.7 Å². The van der Waals surface area contributed by atoms with Gasteiger partial charge in [-0.15, -0.1) is 0 Å². The largest absolute Gasteiger partial charge is 0.269 e. The molecular formula is C13H10ClFN2O4S. The van der Waals surface area contributed by atoms with Gasteiger partial charge in [0.25, 0.3) is 5.69 Å². The van der Waals surface area contributed by atoms with Gasteiger partial charge in [0.2, 0.25) is 10.0 Å². The first-order chi connectivity index (χ1) is 10.3. The average molecular weight is 345 g/mol. The molecule has 0 unspecified atom stereocenters. The Bertz CT molecular complexity index is 827. The molecule has 0 bridgehead atoms. The standard InChI is InChI=1S/C13H10ClFN2O4S/c14-10-4-5-13(12(15)7-10)22(20,21)16-8-9-2-1-3-11(6-9)17(18)19/h1-7,16H,8H2. The molecule has 9 heteroatoms. The van der Waals surface area contributed by atoms with Crippen LogP contribution in [0.25, 0.3) is 0 Å². The van der Waals surface area contributed by atoms with E-state index in [0.29, 0.717) is 5.56 Å². The molecule has 0 atom stereocenters. The SMILES string of the molecule is O=[N+]([O-])c1cccc(CNS(=O)(=O)c2ccc(Cl)cc2F)c1. The van der Waals surface area contributed by atoms with Crippen LogP contribution in [0.1, 0.15) is 5.56 Å². The Kier molecular flexibility index (Phi) is 4.74. The Morgan fingerprint density at radius 2 is 1.95 bits per heavy atom. The van der Waals surface area contributed by atoms with Gasteiger partial charge in [-0.1, -0.05) is 23.7 Å². The van der Waals surface area contributed by atoms with E-state index in [1.165, 1.54) is 30.3 Å². The van der Waals surface area contributed by atoms with Gasteiger partial charge in [-0.2, -0.15) is 0 Å². The van der Waals surface area contributed by atoms with Crippen LogP contribution in [0.5, 0.6) is 0 Å². The lowest BCUT2D eigenvalue weighted by Gasteiger charge is -2.08. The zero-order valence-corrected chi connectivity index (χ0v) is 12.6. The molecule has 2 aromatic carbocycles. The molecule has 0 saturated heterocycles. The van der Waals surface area contributed by atoms with Crippen molar-refractivity contribution in [2.75, 3.05) is 0 Å². The maximum atomic E-state index is 13.6.